The van der Waals surface area contributed by atoms with E-state index in [1.807, 2.05) is 6.92 Å². The summed E-state index contributed by atoms with van der Waals surface area (Å²) in [5.74, 6) is -0.566. The van der Waals surface area contributed by atoms with Gasteiger partial charge in [0.2, 0.25) is 0 Å². The fourth-order valence-corrected chi connectivity index (χ4v) is 6.02. The molecule has 7 heteroatoms. The average Bonchev–Trinajstić information content (AvgIpc) is 3.16. The molecule has 2 aromatic rings. The maximum Gasteiger partial charge on any atom is 0.346 e. The van der Waals surface area contributed by atoms with Gasteiger partial charge in [-0.2, -0.15) is 0 Å². The molecule has 2 heterocycles. The van der Waals surface area contributed by atoms with Crippen molar-refractivity contribution >= 4 is 29.0 Å². The lowest BCUT2D eigenvalue weighted by Crippen LogP contribution is -2.35. The lowest BCUT2D eigenvalue weighted by Gasteiger charge is -2.40. The lowest BCUT2D eigenvalue weighted by molar-refractivity contribution is -0.137. The van der Waals surface area contributed by atoms with Gasteiger partial charge in [0.05, 0.1) is 18.3 Å². The topological polar surface area (TPSA) is 41.9 Å². The molecule has 2 aromatic carbocycles. The highest BCUT2D eigenvalue weighted by Gasteiger charge is 2.43. The van der Waals surface area contributed by atoms with E-state index in [9.17, 15) is 13.6 Å². The average molecular weight is 493 g/mol. The molecule has 1 aliphatic carbocycles. The molecule has 5 rings (SSSR count). The van der Waals surface area contributed by atoms with Gasteiger partial charge in [0.15, 0.2) is 5.17 Å². The van der Waals surface area contributed by atoms with Crippen molar-refractivity contribution in [3.8, 4) is 0 Å². The van der Waals surface area contributed by atoms with Crippen LogP contribution in [0.3, 0.4) is 0 Å². The summed E-state index contributed by atoms with van der Waals surface area (Å²) in [6, 6.07) is 12.8. The van der Waals surface area contributed by atoms with E-state index in [4.69, 9.17) is 9.73 Å². The Bertz CT molecular complexity index is 1290. The van der Waals surface area contributed by atoms with Crippen LogP contribution < -0.4 is 0 Å². The third-order valence-electron chi connectivity index (χ3n) is 6.49. The Morgan fingerprint density at radius 2 is 1.77 bits per heavy atom. The van der Waals surface area contributed by atoms with Gasteiger partial charge in [-0.25, -0.2) is 18.6 Å². The predicted octanol–water partition coefficient (Wildman–Crippen LogP) is 6.99. The molecule has 0 spiro atoms. The highest BCUT2D eigenvalue weighted by molar-refractivity contribution is 8.18. The molecule has 35 heavy (non-hydrogen) atoms. The van der Waals surface area contributed by atoms with Crippen LogP contribution in [-0.2, 0) is 9.53 Å². The zero-order chi connectivity index (χ0) is 24.7. The van der Waals surface area contributed by atoms with Gasteiger partial charge < -0.3 is 9.64 Å². The second-order valence-corrected chi connectivity index (χ2v) is 10.0. The Balaban J connectivity index is 1.66. The number of esters is 1. The molecule has 0 saturated heterocycles. The molecule has 3 aliphatic rings. The van der Waals surface area contributed by atoms with E-state index in [1.54, 1.807) is 31.2 Å². The summed E-state index contributed by atoms with van der Waals surface area (Å²) < 4.78 is 32.6. The van der Waals surface area contributed by atoms with Crippen molar-refractivity contribution in [2.45, 2.75) is 39.7 Å². The summed E-state index contributed by atoms with van der Waals surface area (Å²) in [7, 11) is 0. The van der Waals surface area contributed by atoms with Crippen molar-refractivity contribution in [3.63, 3.8) is 0 Å². The first-order valence-corrected chi connectivity index (χ1v) is 12.6. The summed E-state index contributed by atoms with van der Waals surface area (Å²) in [6.07, 6.45) is 3.74. The maximum absolute atomic E-state index is 13.8. The lowest BCUT2D eigenvalue weighted by atomic mass is 9.78. The number of benzene rings is 2. The van der Waals surface area contributed by atoms with Crippen LogP contribution in [0.4, 0.5) is 8.78 Å². The number of carbonyl (C=O) groups excluding carboxylic acids is 1. The quantitative estimate of drug-likeness (QED) is 0.432. The highest BCUT2D eigenvalue weighted by Crippen LogP contribution is 2.52. The molecular weight excluding hydrogens is 466 g/mol. The number of rotatable bonds is 4. The van der Waals surface area contributed by atoms with E-state index in [0.29, 0.717) is 22.6 Å². The Labute approximate surface area is 208 Å². The molecule has 0 radical (unpaired) electrons. The molecule has 2 atom stereocenters. The summed E-state index contributed by atoms with van der Waals surface area (Å²) in [5, 5.41) is 0.707. The van der Waals surface area contributed by atoms with Gasteiger partial charge in [-0.3, -0.25) is 0 Å². The highest BCUT2D eigenvalue weighted by atomic mass is 32.2. The molecule has 0 amide bonds. The van der Waals surface area contributed by atoms with Crippen LogP contribution in [0.25, 0.3) is 6.08 Å². The van der Waals surface area contributed by atoms with Gasteiger partial charge >= 0.3 is 5.97 Å². The number of nitrogens with zero attached hydrogens (tertiary/aromatic N) is 2. The molecule has 4 nitrogen and oxygen atoms in total. The third kappa shape index (κ3) is 4.45. The van der Waals surface area contributed by atoms with Crippen LogP contribution in [-0.4, -0.2) is 22.6 Å². The normalized spacial score (nSPS) is 22.8. The Morgan fingerprint density at radius 3 is 2.43 bits per heavy atom. The molecule has 0 fully saturated rings. The fraction of sp³-hybridized carbons (Fsp3) is 0.286. The van der Waals surface area contributed by atoms with Gasteiger partial charge in [-0.05, 0) is 97.0 Å². The van der Waals surface area contributed by atoms with Crippen molar-refractivity contribution in [3.05, 3.63) is 98.7 Å². The molecule has 0 aromatic heterocycles. The number of carbonyl (C=O) groups is 1. The number of hydrogen-bond acceptors (Lipinski definition) is 5. The van der Waals surface area contributed by atoms with Crippen LogP contribution in [0.2, 0.25) is 0 Å². The predicted molar refractivity (Wildman–Crippen MR) is 135 cm³/mol. The number of aliphatic imine (C=N–C) groups is 1. The molecule has 2 unspecified atom stereocenters. The first-order valence-electron chi connectivity index (χ1n) is 11.7. The molecule has 180 valence electrons. The summed E-state index contributed by atoms with van der Waals surface area (Å²) >= 11 is 1.32. The minimum Gasteiger partial charge on any atom is -0.462 e. The van der Waals surface area contributed by atoms with Crippen LogP contribution in [0.1, 0.15) is 50.8 Å². The Kier molecular flexibility index (Phi) is 6.36. The maximum atomic E-state index is 13.8. The number of hydrogen-bond donors (Lipinski definition) is 0. The third-order valence-corrected chi connectivity index (χ3v) is 7.62. The zero-order valence-corrected chi connectivity index (χ0v) is 20.7. The summed E-state index contributed by atoms with van der Waals surface area (Å²) in [4.78, 5) is 20.4. The number of halogens is 2. The van der Waals surface area contributed by atoms with Crippen molar-refractivity contribution in [1.82, 2.24) is 4.90 Å². The zero-order valence-electron chi connectivity index (χ0n) is 19.8. The van der Waals surface area contributed by atoms with Crippen molar-refractivity contribution in [1.29, 1.82) is 0 Å². The molecule has 0 saturated carbocycles. The van der Waals surface area contributed by atoms with E-state index in [2.05, 4.69) is 17.9 Å². The minimum absolute atomic E-state index is 0.211. The SMILES string of the molecule is CCOC(=O)C1=C(C)N2C(=NC3=C(CC(C)CC3=Cc3ccc(F)cc3)C2c2ccc(F)cc2)S1. The van der Waals surface area contributed by atoms with E-state index in [1.165, 1.54) is 36.0 Å². The summed E-state index contributed by atoms with van der Waals surface area (Å²) in [6.45, 7) is 6.19. The Morgan fingerprint density at radius 1 is 1.11 bits per heavy atom. The number of amidine groups is 1. The number of fused-ring (bicyclic) bond motifs is 1. The monoisotopic (exact) mass is 492 g/mol. The Hall–Kier alpha value is -3.19. The second kappa shape index (κ2) is 9.46. The number of allylic oxidation sites excluding steroid dienone is 2. The van der Waals surface area contributed by atoms with Crippen LogP contribution in [0.15, 0.2) is 81.0 Å². The van der Waals surface area contributed by atoms with Gasteiger partial charge in [0.25, 0.3) is 0 Å². The van der Waals surface area contributed by atoms with E-state index in [0.717, 1.165) is 46.5 Å². The standard InChI is InChI=1S/C28H26F2N2O2S/c1-4-34-27(33)26-17(3)32-25(19-7-11-22(30)12-8-19)23-14-16(2)13-20(24(23)31-28(32)35-26)15-18-5-9-21(29)10-6-18/h5-12,15-16,25H,4,13-14H2,1-3H3. The van der Waals surface area contributed by atoms with Crippen molar-refractivity contribution in [2.75, 3.05) is 6.61 Å². The number of ether oxygens (including phenoxy) is 1. The van der Waals surface area contributed by atoms with Gasteiger partial charge in [-0.1, -0.05) is 31.2 Å². The largest absolute Gasteiger partial charge is 0.462 e. The van der Waals surface area contributed by atoms with E-state index >= 15 is 0 Å². The fourth-order valence-electron chi connectivity index (χ4n) is 4.98. The first kappa shape index (κ1) is 23.5. The van der Waals surface area contributed by atoms with Crippen LogP contribution in [0, 0.1) is 17.6 Å². The molecule has 2 aliphatic heterocycles. The van der Waals surface area contributed by atoms with Gasteiger partial charge in [0.1, 0.15) is 16.5 Å². The van der Waals surface area contributed by atoms with Gasteiger partial charge in [0, 0.05) is 5.70 Å². The molecule has 0 N–H and O–H groups in total. The first-order chi connectivity index (χ1) is 16.9. The molecular formula is C28H26F2N2O2S. The smallest absolute Gasteiger partial charge is 0.346 e. The van der Waals surface area contributed by atoms with Crippen molar-refractivity contribution in [2.24, 2.45) is 10.9 Å². The van der Waals surface area contributed by atoms with Crippen molar-refractivity contribution < 1.29 is 18.3 Å². The second-order valence-electron chi connectivity index (χ2n) is 9.06. The number of thioether (sulfide) groups is 1. The van der Waals surface area contributed by atoms with E-state index in [-0.39, 0.29) is 23.6 Å². The van der Waals surface area contributed by atoms with E-state index < -0.39 is 0 Å². The van der Waals surface area contributed by atoms with Crippen LogP contribution >= 0.6 is 11.8 Å². The van der Waals surface area contributed by atoms with Crippen LogP contribution in [0.5, 0.6) is 0 Å². The minimum atomic E-state index is -0.363. The van der Waals surface area contributed by atoms with Gasteiger partial charge in [-0.15, -0.1) is 0 Å². The molecule has 0 bridgehead atoms. The summed E-state index contributed by atoms with van der Waals surface area (Å²) in [5.41, 5.74) is 5.74.